The van der Waals surface area contributed by atoms with Crippen molar-refractivity contribution in [3.63, 3.8) is 0 Å². The van der Waals surface area contributed by atoms with E-state index < -0.39 is 30.9 Å². The van der Waals surface area contributed by atoms with E-state index in [1.165, 1.54) is 30.4 Å². The van der Waals surface area contributed by atoms with Crippen LogP contribution in [0.4, 0.5) is 5.69 Å². The molecule has 2 heterocycles. The average Bonchev–Trinajstić information content (AvgIpc) is 3.39. The summed E-state index contributed by atoms with van der Waals surface area (Å²) < 4.78 is 16.2. The van der Waals surface area contributed by atoms with Crippen LogP contribution < -0.4 is 20.1 Å². The minimum Gasteiger partial charge on any atom is -0.454 e. The molecule has 0 aliphatic carbocycles. The van der Waals surface area contributed by atoms with E-state index >= 15 is 0 Å². The van der Waals surface area contributed by atoms with E-state index in [9.17, 15) is 19.2 Å². The third-order valence-electron chi connectivity index (χ3n) is 4.66. The first-order valence-corrected chi connectivity index (χ1v) is 10.9. The number of nitrogens with one attached hydrogen (secondary N) is 2. The maximum Gasteiger partial charge on any atom is 0.325 e. The van der Waals surface area contributed by atoms with E-state index in [0.29, 0.717) is 16.5 Å². The summed E-state index contributed by atoms with van der Waals surface area (Å²) in [5.41, 5.74) is 0.437. The summed E-state index contributed by atoms with van der Waals surface area (Å²) in [6.45, 7) is 0.308. The summed E-state index contributed by atoms with van der Waals surface area (Å²) >= 11 is 7.47. The Hall–Kier alpha value is -3.63. The molecular weight excluding hydrogens is 472 g/mol. The maximum atomic E-state index is 12.4. The minimum absolute atomic E-state index is 0.0140. The number of carbonyl (C=O) groups is 4. The van der Waals surface area contributed by atoms with Gasteiger partial charge in [-0.3, -0.25) is 19.2 Å². The zero-order valence-electron chi connectivity index (χ0n) is 17.2. The SMILES string of the molecule is CC(=O)c1cc2c(cc1NC(=O)COC(=O)CNC(=O)c1sc3ccccc3c1Cl)OCO2. The lowest BCUT2D eigenvalue weighted by Gasteiger charge is -2.11. The summed E-state index contributed by atoms with van der Waals surface area (Å²) in [6, 6.07) is 10.2. The molecule has 0 unspecified atom stereocenters. The molecule has 0 spiro atoms. The normalized spacial score (nSPS) is 11.8. The van der Waals surface area contributed by atoms with Gasteiger partial charge in [0.1, 0.15) is 11.4 Å². The molecule has 3 aromatic rings. The van der Waals surface area contributed by atoms with Gasteiger partial charge in [-0.25, -0.2) is 0 Å². The van der Waals surface area contributed by atoms with E-state index in [1.807, 2.05) is 18.2 Å². The van der Waals surface area contributed by atoms with Crippen LogP contribution >= 0.6 is 22.9 Å². The topological polar surface area (TPSA) is 120 Å². The molecule has 1 aromatic heterocycles. The van der Waals surface area contributed by atoms with Crippen LogP contribution in [-0.4, -0.2) is 43.5 Å². The first kappa shape index (κ1) is 22.6. The number of benzene rings is 2. The number of halogens is 1. The number of fused-ring (bicyclic) bond motifs is 2. The number of anilines is 1. The van der Waals surface area contributed by atoms with Crippen molar-refractivity contribution in [1.82, 2.24) is 5.32 Å². The molecule has 4 rings (SSSR count). The predicted octanol–water partition coefficient (Wildman–Crippen LogP) is 3.40. The van der Waals surface area contributed by atoms with Gasteiger partial charge < -0.3 is 24.8 Å². The Bertz CT molecular complexity index is 1290. The first-order chi connectivity index (χ1) is 15.8. The lowest BCUT2D eigenvalue weighted by Crippen LogP contribution is -2.32. The van der Waals surface area contributed by atoms with Crippen LogP contribution in [0.2, 0.25) is 5.02 Å². The van der Waals surface area contributed by atoms with Crippen molar-refractivity contribution in [2.75, 3.05) is 25.3 Å². The molecule has 0 saturated carbocycles. The molecule has 1 aliphatic rings. The van der Waals surface area contributed by atoms with Gasteiger partial charge in [-0.15, -0.1) is 11.3 Å². The Morgan fingerprint density at radius 2 is 1.85 bits per heavy atom. The number of ether oxygens (including phenoxy) is 3. The van der Waals surface area contributed by atoms with Crippen molar-refractivity contribution >= 4 is 62.3 Å². The summed E-state index contributed by atoms with van der Waals surface area (Å²) in [6.07, 6.45) is 0. The van der Waals surface area contributed by atoms with Gasteiger partial charge in [-0.2, -0.15) is 0 Å². The molecule has 2 amide bonds. The highest BCUT2D eigenvalue weighted by Gasteiger charge is 2.21. The molecule has 0 fully saturated rings. The number of thiophene rings is 1. The first-order valence-electron chi connectivity index (χ1n) is 9.68. The van der Waals surface area contributed by atoms with Crippen LogP contribution in [0.15, 0.2) is 36.4 Å². The lowest BCUT2D eigenvalue weighted by molar-refractivity contribution is -0.146. The molecule has 0 atom stereocenters. The molecule has 1 aliphatic heterocycles. The van der Waals surface area contributed by atoms with E-state index in [0.717, 1.165) is 10.1 Å². The maximum absolute atomic E-state index is 12.4. The molecule has 2 aromatic carbocycles. The summed E-state index contributed by atoms with van der Waals surface area (Å²) in [7, 11) is 0. The van der Waals surface area contributed by atoms with Crippen LogP contribution in [0.5, 0.6) is 11.5 Å². The van der Waals surface area contributed by atoms with Crippen molar-refractivity contribution in [3.8, 4) is 11.5 Å². The molecule has 0 bridgehead atoms. The number of amides is 2. The fraction of sp³-hybridized carbons (Fsp3) is 0.182. The smallest absolute Gasteiger partial charge is 0.325 e. The van der Waals surface area contributed by atoms with Crippen molar-refractivity contribution in [1.29, 1.82) is 0 Å². The number of Topliss-reactive ketones (excluding diaryl/α,β-unsaturated/α-hetero) is 1. The third kappa shape index (κ3) is 4.91. The van der Waals surface area contributed by atoms with Gasteiger partial charge >= 0.3 is 5.97 Å². The van der Waals surface area contributed by atoms with Crippen LogP contribution in [-0.2, 0) is 14.3 Å². The number of hydrogen-bond acceptors (Lipinski definition) is 8. The summed E-state index contributed by atoms with van der Waals surface area (Å²) in [5, 5.41) is 6.01. The Morgan fingerprint density at radius 1 is 1.12 bits per heavy atom. The molecule has 0 radical (unpaired) electrons. The van der Waals surface area contributed by atoms with E-state index in [4.69, 9.17) is 25.8 Å². The fourth-order valence-electron chi connectivity index (χ4n) is 3.11. The highest BCUT2D eigenvalue weighted by atomic mass is 35.5. The van der Waals surface area contributed by atoms with Gasteiger partial charge in [0, 0.05) is 21.7 Å². The monoisotopic (exact) mass is 488 g/mol. The molecule has 11 heteroatoms. The molecule has 33 heavy (non-hydrogen) atoms. The van der Waals surface area contributed by atoms with E-state index in [2.05, 4.69) is 10.6 Å². The third-order valence-corrected chi connectivity index (χ3v) is 6.34. The average molecular weight is 489 g/mol. The standard InChI is InChI=1S/C22H17ClN2O7S/c1-11(26)13-6-15-16(32-10-31-15)7-14(13)25-18(27)9-30-19(28)8-24-22(29)21-20(23)12-4-2-3-5-17(12)33-21/h2-7H,8-10H2,1H3,(H,24,29)(H,25,27). The number of hydrogen-bond donors (Lipinski definition) is 2. The van der Waals surface area contributed by atoms with E-state index in [1.54, 1.807) is 6.07 Å². The molecule has 9 nitrogen and oxygen atoms in total. The van der Waals surface area contributed by atoms with Gasteiger partial charge in [0.15, 0.2) is 23.9 Å². The lowest BCUT2D eigenvalue weighted by atomic mass is 10.1. The van der Waals surface area contributed by atoms with Crippen molar-refractivity contribution in [2.24, 2.45) is 0 Å². The van der Waals surface area contributed by atoms with Crippen molar-refractivity contribution in [2.45, 2.75) is 6.92 Å². The zero-order valence-corrected chi connectivity index (χ0v) is 18.8. The quantitative estimate of drug-likeness (QED) is 0.386. The minimum atomic E-state index is -0.812. The van der Waals surface area contributed by atoms with Gasteiger partial charge in [0.2, 0.25) is 6.79 Å². The Kier molecular flexibility index (Phi) is 6.47. The molecule has 170 valence electrons. The second-order valence-electron chi connectivity index (χ2n) is 6.94. The van der Waals surface area contributed by atoms with Crippen LogP contribution in [0.3, 0.4) is 0 Å². The van der Waals surface area contributed by atoms with Crippen molar-refractivity contribution in [3.05, 3.63) is 51.9 Å². The molecule has 2 N–H and O–H groups in total. The Balaban J connectivity index is 1.30. The van der Waals surface area contributed by atoms with Gasteiger partial charge in [-0.05, 0) is 19.1 Å². The van der Waals surface area contributed by atoms with Crippen LogP contribution in [0.1, 0.15) is 27.0 Å². The molecular formula is C22H17ClN2O7S. The van der Waals surface area contributed by atoms with Crippen LogP contribution in [0.25, 0.3) is 10.1 Å². The number of rotatable bonds is 7. The number of esters is 1. The van der Waals surface area contributed by atoms with Crippen molar-refractivity contribution < 1.29 is 33.4 Å². The van der Waals surface area contributed by atoms with E-state index in [-0.39, 0.29) is 28.7 Å². The number of carbonyl (C=O) groups excluding carboxylic acids is 4. The van der Waals surface area contributed by atoms with Gasteiger partial charge in [0.05, 0.1) is 10.7 Å². The fourth-order valence-corrected chi connectivity index (χ4v) is 4.55. The predicted molar refractivity (Wildman–Crippen MR) is 121 cm³/mol. The Morgan fingerprint density at radius 3 is 2.58 bits per heavy atom. The highest BCUT2D eigenvalue weighted by Crippen LogP contribution is 2.37. The summed E-state index contributed by atoms with van der Waals surface area (Å²) in [4.78, 5) is 48.8. The second-order valence-corrected chi connectivity index (χ2v) is 8.37. The van der Waals surface area contributed by atoms with Gasteiger partial charge in [0.25, 0.3) is 11.8 Å². The second kappa shape index (κ2) is 9.47. The highest BCUT2D eigenvalue weighted by molar-refractivity contribution is 7.21. The summed E-state index contributed by atoms with van der Waals surface area (Å²) in [5.74, 6) is -1.50. The number of ketones is 1. The zero-order chi connectivity index (χ0) is 23.5. The largest absolute Gasteiger partial charge is 0.454 e. The molecule has 0 saturated heterocycles. The van der Waals surface area contributed by atoms with Crippen LogP contribution in [0, 0.1) is 0 Å². The Labute approximate surface area is 196 Å². The van der Waals surface area contributed by atoms with Gasteiger partial charge in [-0.1, -0.05) is 29.8 Å².